The van der Waals surface area contributed by atoms with Crippen LogP contribution in [0.1, 0.15) is 11.6 Å². The van der Waals surface area contributed by atoms with E-state index in [1.54, 1.807) is 55.6 Å². The van der Waals surface area contributed by atoms with Crippen LogP contribution < -0.4 is 10.2 Å². The summed E-state index contributed by atoms with van der Waals surface area (Å²) in [5.74, 6) is -0.475. The van der Waals surface area contributed by atoms with Gasteiger partial charge >= 0.3 is 4.87 Å². The van der Waals surface area contributed by atoms with Crippen molar-refractivity contribution in [2.24, 2.45) is 7.05 Å². The van der Waals surface area contributed by atoms with Crippen LogP contribution in [0.15, 0.2) is 53.3 Å². The fourth-order valence-corrected chi connectivity index (χ4v) is 4.29. The molecule has 2 aromatic carbocycles. The molecular formula is C18H19N3O4S2. The second kappa shape index (κ2) is 7.26. The molecule has 3 aromatic rings. The molecule has 1 heterocycles. The molecule has 0 aliphatic carbocycles. The van der Waals surface area contributed by atoms with E-state index >= 15 is 0 Å². The lowest BCUT2D eigenvalue weighted by Gasteiger charge is -2.25. The van der Waals surface area contributed by atoms with Crippen LogP contribution in [0.25, 0.3) is 10.2 Å². The van der Waals surface area contributed by atoms with Gasteiger partial charge in [0.05, 0.1) is 16.5 Å². The topological polar surface area (TPSA) is 88.5 Å². The molecule has 1 N–H and O–H groups in total. The number of aryl methyl sites for hydroxylation is 1. The Kier molecular flexibility index (Phi) is 5.18. The maximum absolute atomic E-state index is 12.9. The monoisotopic (exact) mass is 405 g/mol. The number of nitrogens with zero attached hydrogens (tertiary/aromatic N) is 2. The van der Waals surface area contributed by atoms with Gasteiger partial charge in [-0.3, -0.25) is 9.59 Å². The van der Waals surface area contributed by atoms with E-state index in [9.17, 15) is 18.0 Å². The number of amides is 1. The lowest BCUT2D eigenvalue weighted by molar-refractivity contribution is -0.119. The van der Waals surface area contributed by atoms with E-state index in [0.29, 0.717) is 11.3 Å². The van der Waals surface area contributed by atoms with Crippen molar-refractivity contribution in [1.82, 2.24) is 8.87 Å². The number of hydrogen-bond acceptors (Lipinski definition) is 5. The number of carbonyl (C=O) groups excluding carboxylic acids is 1. The van der Waals surface area contributed by atoms with Crippen LogP contribution in [0.5, 0.6) is 0 Å². The average molecular weight is 406 g/mol. The summed E-state index contributed by atoms with van der Waals surface area (Å²) in [5.41, 5.74) is 1.83. The molecular weight excluding hydrogens is 386 g/mol. The van der Waals surface area contributed by atoms with Gasteiger partial charge in [-0.25, -0.2) is 8.42 Å². The van der Waals surface area contributed by atoms with Gasteiger partial charge in [0.25, 0.3) is 0 Å². The van der Waals surface area contributed by atoms with E-state index in [0.717, 1.165) is 32.1 Å². The number of nitrogens with one attached hydrogen (secondary N) is 1. The molecule has 1 aromatic heterocycles. The minimum absolute atomic E-state index is 0.0903. The summed E-state index contributed by atoms with van der Waals surface area (Å²) < 4.78 is 27.4. The largest absolute Gasteiger partial charge is 0.324 e. The second-order valence-corrected chi connectivity index (χ2v) is 9.23. The molecule has 27 heavy (non-hydrogen) atoms. The van der Waals surface area contributed by atoms with Gasteiger partial charge in [0.1, 0.15) is 6.04 Å². The first-order chi connectivity index (χ1) is 12.7. The fourth-order valence-electron chi connectivity index (χ4n) is 2.78. The highest BCUT2D eigenvalue weighted by Gasteiger charge is 2.30. The van der Waals surface area contributed by atoms with Crippen molar-refractivity contribution in [1.29, 1.82) is 0 Å². The summed E-state index contributed by atoms with van der Waals surface area (Å²) >= 11 is 1.09. The van der Waals surface area contributed by atoms with Gasteiger partial charge < -0.3 is 9.88 Å². The zero-order valence-electron chi connectivity index (χ0n) is 15.0. The summed E-state index contributed by atoms with van der Waals surface area (Å²) in [5, 5.41) is 2.76. The molecule has 0 saturated carbocycles. The number of sulfonamides is 1. The van der Waals surface area contributed by atoms with Crippen molar-refractivity contribution in [2.45, 2.75) is 6.04 Å². The smallest absolute Gasteiger partial charge is 0.307 e. The molecule has 0 aliphatic rings. The highest BCUT2D eigenvalue weighted by atomic mass is 32.2. The van der Waals surface area contributed by atoms with Crippen molar-refractivity contribution >= 4 is 43.2 Å². The Morgan fingerprint density at radius 3 is 2.48 bits per heavy atom. The number of carbonyl (C=O) groups is 1. The van der Waals surface area contributed by atoms with Crippen molar-refractivity contribution in [3.8, 4) is 0 Å². The van der Waals surface area contributed by atoms with Crippen LogP contribution in [0, 0.1) is 0 Å². The third kappa shape index (κ3) is 3.95. The van der Waals surface area contributed by atoms with Crippen molar-refractivity contribution in [3.63, 3.8) is 0 Å². The van der Waals surface area contributed by atoms with Crippen LogP contribution in [-0.2, 0) is 21.9 Å². The number of thiazole rings is 1. The first-order valence-electron chi connectivity index (χ1n) is 8.07. The predicted octanol–water partition coefficient (Wildman–Crippen LogP) is 2.17. The number of benzene rings is 2. The molecule has 0 bridgehead atoms. The Morgan fingerprint density at radius 2 is 1.85 bits per heavy atom. The van der Waals surface area contributed by atoms with Gasteiger partial charge in [0.15, 0.2) is 0 Å². The van der Waals surface area contributed by atoms with E-state index in [1.807, 2.05) is 0 Å². The van der Waals surface area contributed by atoms with Gasteiger partial charge in [-0.15, -0.1) is 0 Å². The van der Waals surface area contributed by atoms with Gasteiger partial charge in [0.2, 0.25) is 15.9 Å². The second-order valence-electron chi connectivity index (χ2n) is 6.19. The van der Waals surface area contributed by atoms with Crippen molar-refractivity contribution in [2.75, 3.05) is 18.6 Å². The Morgan fingerprint density at radius 1 is 1.19 bits per heavy atom. The lowest BCUT2D eigenvalue weighted by atomic mass is 10.1. The van der Waals surface area contributed by atoms with E-state index < -0.39 is 22.0 Å². The highest BCUT2D eigenvalue weighted by molar-refractivity contribution is 7.88. The highest BCUT2D eigenvalue weighted by Crippen LogP contribution is 2.26. The molecule has 7 nitrogen and oxygen atoms in total. The molecule has 0 saturated heterocycles. The van der Waals surface area contributed by atoms with Crippen LogP contribution in [-0.4, -0.2) is 36.5 Å². The molecule has 3 rings (SSSR count). The molecule has 0 fully saturated rings. The minimum atomic E-state index is -3.59. The van der Waals surface area contributed by atoms with Crippen molar-refractivity contribution in [3.05, 3.63) is 63.8 Å². The minimum Gasteiger partial charge on any atom is -0.324 e. The number of aromatic nitrogens is 1. The maximum atomic E-state index is 12.9. The summed E-state index contributed by atoms with van der Waals surface area (Å²) in [6.45, 7) is 0. The average Bonchev–Trinajstić information content (AvgIpc) is 2.89. The predicted molar refractivity (Wildman–Crippen MR) is 107 cm³/mol. The molecule has 0 radical (unpaired) electrons. The van der Waals surface area contributed by atoms with Crippen LogP contribution >= 0.6 is 11.3 Å². The number of fused-ring (bicyclic) bond motifs is 1. The van der Waals surface area contributed by atoms with Gasteiger partial charge in [0, 0.05) is 19.8 Å². The standard InChI is InChI=1S/C18H19N3O4S2/c1-20-14-10-9-13(11-15(14)26-18(20)23)19-17(22)16(21(2)27(3,24)25)12-7-5-4-6-8-12/h4-11,16H,1-3H3,(H,19,22). The van der Waals surface area contributed by atoms with E-state index in [2.05, 4.69) is 5.32 Å². The Labute approximate surface area is 160 Å². The normalized spacial score (nSPS) is 13.0. The summed E-state index contributed by atoms with van der Waals surface area (Å²) in [4.78, 5) is 24.6. The van der Waals surface area contributed by atoms with E-state index in [1.165, 1.54) is 11.6 Å². The first kappa shape index (κ1) is 19.3. The number of hydrogen-bond donors (Lipinski definition) is 1. The number of likely N-dealkylation sites (N-methyl/N-ethyl adjacent to an activating group) is 1. The van der Waals surface area contributed by atoms with E-state index in [-0.39, 0.29) is 4.87 Å². The Bertz CT molecular complexity index is 1150. The molecule has 0 aliphatic heterocycles. The summed E-state index contributed by atoms with van der Waals surface area (Å²) in [7, 11) is -0.534. The number of rotatable bonds is 5. The zero-order chi connectivity index (χ0) is 19.8. The molecule has 1 unspecified atom stereocenters. The van der Waals surface area contributed by atoms with Crippen molar-refractivity contribution < 1.29 is 13.2 Å². The Hall–Kier alpha value is -2.49. The molecule has 142 valence electrons. The maximum Gasteiger partial charge on any atom is 0.307 e. The van der Waals surface area contributed by atoms with Gasteiger partial charge in [-0.1, -0.05) is 41.7 Å². The van der Waals surface area contributed by atoms with E-state index in [4.69, 9.17) is 0 Å². The van der Waals surface area contributed by atoms with Crippen LogP contribution in [0.3, 0.4) is 0 Å². The first-order valence-corrected chi connectivity index (χ1v) is 10.7. The summed E-state index contributed by atoms with van der Waals surface area (Å²) in [6, 6.07) is 12.8. The third-order valence-electron chi connectivity index (χ3n) is 4.31. The molecule has 1 amide bonds. The molecule has 1 atom stereocenters. The van der Waals surface area contributed by atoms with Gasteiger partial charge in [-0.2, -0.15) is 4.31 Å². The number of anilines is 1. The molecule has 9 heteroatoms. The molecule has 0 spiro atoms. The quantitative estimate of drug-likeness (QED) is 0.705. The fraction of sp³-hybridized carbons (Fsp3) is 0.222. The SMILES string of the molecule is CN(C(C(=O)Nc1ccc2c(c1)sc(=O)n2C)c1ccccc1)S(C)(=O)=O. The lowest BCUT2D eigenvalue weighted by Crippen LogP contribution is -2.38. The third-order valence-corrected chi connectivity index (χ3v) is 6.56. The van der Waals surface area contributed by atoms with Crippen LogP contribution in [0.2, 0.25) is 0 Å². The zero-order valence-corrected chi connectivity index (χ0v) is 16.7. The summed E-state index contributed by atoms with van der Waals surface area (Å²) in [6.07, 6.45) is 1.06. The Balaban J connectivity index is 1.96. The van der Waals surface area contributed by atoms with Gasteiger partial charge in [-0.05, 0) is 23.8 Å². The van der Waals surface area contributed by atoms with Crippen LogP contribution in [0.4, 0.5) is 5.69 Å².